The number of hydrogen-bond acceptors (Lipinski definition) is 6. The van der Waals surface area contributed by atoms with E-state index in [-0.39, 0.29) is 29.9 Å². The maximum absolute atomic E-state index is 12.7. The van der Waals surface area contributed by atoms with Gasteiger partial charge in [0.2, 0.25) is 5.91 Å². The van der Waals surface area contributed by atoms with Crippen LogP contribution in [0.3, 0.4) is 0 Å². The van der Waals surface area contributed by atoms with Gasteiger partial charge in [-0.25, -0.2) is 4.98 Å². The van der Waals surface area contributed by atoms with Crippen LogP contribution in [-0.4, -0.2) is 33.8 Å². The molecule has 0 aliphatic carbocycles. The van der Waals surface area contributed by atoms with E-state index in [0.29, 0.717) is 0 Å². The normalized spacial score (nSPS) is 17.0. The number of benzene rings is 2. The third-order valence-corrected chi connectivity index (χ3v) is 6.53. The van der Waals surface area contributed by atoms with Crippen LogP contribution in [0.4, 0.5) is 11.4 Å². The summed E-state index contributed by atoms with van der Waals surface area (Å²) >= 11 is 1.67. The monoisotopic (exact) mass is 410 g/mol. The van der Waals surface area contributed by atoms with Gasteiger partial charge in [-0.05, 0) is 62.6 Å². The van der Waals surface area contributed by atoms with E-state index in [9.17, 15) is 14.9 Å². The molecule has 1 fully saturated rings. The van der Waals surface area contributed by atoms with Gasteiger partial charge < -0.3 is 5.32 Å². The number of amides is 1. The number of carbonyl (C=O) groups is 1. The van der Waals surface area contributed by atoms with Crippen LogP contribution in [0.1, 0.15) is 35.0 Å². The Balaban J connectivity index is 1.51. The largest absolute Gasteiger partial charge is 0.319 e. The van der Waals surface area contributed by atoms with Crippen molar-refractivity contribution in [3.63, 3.8) is 0 Å². The molecule has 1 aromatic heterocycles. The summed E-state index contributed by atoms with van der Waals surface area (Å²) in [5.74, 6) is -0.246. The number of carbonyl (C=O) groups excluding carboxylic acids is 1. The van der Waals surface area contributed by atoms with E-state index in [1.807, 2.05) is 32.0 Å². The quantitative estimate of drug-likeness (QED) is 0.491. The highest BCUT2D eigenvalue weighted by Crippen LogP contribution is 2.36. The number of nitrogens with one attached hydrogen (secondary N) is 1. The van der Waals surface area contributed by atoms with Crippen LogP contribution in [0.15, 0.2) is 36.4 Å². The molecule has 150 valence electrons. The highest BCUT2D eigenvalue weighted by atomic mass is 32.1. The molecule has 3 aromatic rings. The highest BCUT2D eigenvalue weighted by Gasteiger charge is 2.30. The van der Waals surface area contributed by atoms with Crippen molar-refractivity contribution in [1.82, 2.24) is 9.88 Å². The van der Waals surface area contributed by atoms with Crippen molar-refractivity contribution in [2.24, 2.45) is 0 Å². The smallest absolute Gasteiger partial charge is 0.293 e. The summed E-state index contributed by atoms with van der Waals surface area (Å²) in [4.78, 5) is 30.5. The second-order valence-electron chi connectivity index (χ2n) is 7.41. The van der Waals surface area contributed by atoms with Crippen molar-refractivity contribution in [3.05, 3.63) is 62.6 Å². The zero-order valence-electron chi connectivity index (χ0n) is 16.3. The Bertz CT molecular complexity index is 1060. The molecule has 1 aliphatic rings. The Hall–Kier alpha value is -2.84. The molecule has 1 saturated heterocycles. The van der Waals surface area contributed by atoms with Crippen LogP contribution < -0.4 is 5.32 Å². The number of nitro groups is 1. The van der Waals surface area contributed by atoms with E-state index >= 15 is 0 Å². The summed E-state index contributed by atoms with van der Waals surface area (Å²) in [6.45, 7) is 4.69. The van der Waals surface area contributed by atoms with E-state index in [1.165, 1.54) is 6.07 Å². The number of nitrogens with zero attached hydrogens (tertiary/aromatic N) is 3. The van der Waals surface area contributed by atoms with Crippen molar-refractivity contribution in [2.75, 3.05) is 18.4 Å². The molecule has 7 nitrogen and oxygen atoms in total. The van der Waals surface area contributed by atoms with Gasteiger partial charge >= 0.3 is 0 Å². The van der Waals surface area contributed by atoms with E-state index < -0.39 is 4.92 Å². The molecule has 0 spiro atoms. The molecule has 1 atom stereocenters. The maximum Gasteiger partial charge on any atom is 0.293 e. The Morgan fingerprint density at radius 1 is 1.31 bits per heavy atom. The summed E-state index contributed by atoms with van der Waals surface area (Å²) in [5, 5.41) is 15.1. The number of anilines is 1. The van der Waals surface area contributed by atoms with E-state index in [0.717, 1.165) is 45.7 Å². The lowest BCUT2D eigenvalue weighted by atomic mass is 10.1. The summed E-state index contributed by atoms with van der Waals surface area (Å²) < 4.78 is 1.14. The first kappa shape index (κ1) is 19.5. The predicted molar refractivity (Wildman–Crippen MR) is 114 cm³/mol. The highest BCUT2D eigenvalue weighted by molar-refractivity contribution is 7.18. The molecule has 8 heteroatoms. The SMILES string of the molecule is Cc1cc(NC(=O)CN2CCC[C@@H]2c2nc3ccccc3s2)c([N+](=O)[O-])cc1C. The van der Waals surface area contributed by atoms with Gasteiger partial charge in [0.05, 0.1) is 27.7 Å². The van der Waals surface area contributed by atoms with Crippen molar-refractivity contribution in [1.29, 1.82) is 0 Å². The number of thiazole rings is 1. The summed E-state index contributed by atoms with van der Waals surface area (Å²) in [5.41, 5.74) is 2.88. The lowest BCUT2D eigenvalue weighted by Crippen LogP contribution is -2.33. The van der Waals surface area contributed by atoms with Gasteiger partial charge in [0.15, 0.2) is 0 Å². The number of aromatic nitrogens is 1. The molecule has 1 aliphatic heterocycles. The van der Waals surface area contributed by atoms with Crippen LogP contribution in [0, 0.1) is 24.0 Å². The fourth-order valence-corrected chi connectivity index (χ4v) is 4.89. The third kappa shape index (κ3) is 3.99. The number of nitro benzene ring substituents is 1. The Labute approximate surface area is 172 Å². The first-order chi connectivity index (χ1) is 13.9. The van der Waals surface area contributed by atoms with Crippen LogP contribution in [0.5, 0.6) is 0 Å². The molecule has 0 bridgehead atoms. The number of para-hydroxylation sites is 1. The second kappa shape index (κ2) is 7.88. The third-order valence-electron chi connectivity index (χ3n) is 5.39. The van der Waals surface area contributed by atoms with Crippen molar-refractivity contribution < 1.29 is 9.72 Å². The van der Waals surface area contributed by atoms with Crippen LogP contribution in [-0.2, 0) is 4.79 Å². The molecule has 1 N–H and O–H groups in total. The number of likely N-dealkylation sites (tertiary alicyclic amines) is 1. The number of rotatable bonds is 5. The average Bonchev–Trinajstić information content (AvgIpc) is 3.30. The van der Waals surface area contributed by atoms with Gasteiger partial charge in [-0.15, -0.1) is 11.3 Å². The number of fused-ring (bicyclic) bond motifs is 1. The van der Waals surface area contributed by atoms with Crippen molar-refractivity contribution in [3.8, 4) is 0 Å². The molecule has 0 saturated carbocycles. The lowest BCUT2D eigenvalue weighted by Gasteiger charge is -2.22. The second-order valence-corrected chi connectivity index (χ2v) is 8.47. The summed E-state index contributed by atoms with van der Waals surface area (Å²) in [6.07, 6.45) is 1.95. The van der Waals surface area contributed by atoms with Crippen LogP contribution in [0.2, 0.25) is 0 Å². The zero-order valence-corrected chi connectivity index (χ0v) is 17.2. The Morgan fingerprint density at radius 2 is 2.07 bits per heavy atom. The Kier molecular flexibility index (Phi) is 5.29. The summed E-state index contributed by atoms with van der Waals surface area (Å²) in [6, 6.07) is 11.3. The molecule has 0 radical (unpaired) electrons. The predicted octanol–water partition coefficient (Wildman–Crippen LogP) is 4.60. The molecule has 2 aromatic carbocycles. The summed E-state index contributed by atoms with van der Waals surface area (Å²) in [7, 11) is 0. The minimum absolute atomic E-state index is 0.0782. The Morgan fingerprint density at radius 3 is 2.83 bits per heavy atom. The van der Waals surface area contributed by atoms with Crippen molar-refractivity contribution >= 4 is 38.8 Å². The maximum atomic E-state index is 12.7. The van der Waals surface area contributed by atoms with Gasteiger partial charge in [-0.2, -0.15) is 0 Å². The minimum Gasteiger partial charge on any atom is -0.319 e. The molecular formula is C21H22N4O3S. The standard InChI is InChI=1S/C21H22N4O3S/c1-13-10-16(18(25(27)28)11-14(13)2)22-20(26)12-24-9-5-7-17(24)21-23-15-6-3-4-8-19(15)29-21/h3-4,6,8,10-11,17H,5,7,9,12H2,1-2H3,(H,22,26)/t17-/m1/s1. The van der Waals surface area contributed by atoms with Crippen molar-refractivity contribution in [2.45, 2.75) is 32.7 Å². The molecule has 1 amide bonds. The van der Waals surface area contributed by atoms with Gasteiger partial charge in [0.25, 0.3) is 5.69 Å². The lowest BCUT2D eigenvalue weighted by molar-refractivity contribution is -0.384. The molecule has 2 heterocycles. The molecule has 29 heavy (non-hydrogen) atoms. The first-order valence-electron chi connectivity index (χ1n) is 9.57. The van der Waals surface area contributed by atoms with E-state index in [4.69, 9.17) is 4.98 Å². The zero-order chi connectivity index (χ0) is 20.5. The van der Waals surface area contributed by atoms with E-state index in [1.54, 1.807) is 17.4 Å². The number of hydrogen-bond donors (Lipinski definition) is 1. The van der Waals surface area contributed by atoms with Gasteiger partial charge in [-0.3, -0.25) is 19.8 Å². The van der Waals surface area contributed by atoms with Crippen LogP contribution in [0.25, 0.3) is 10.2 Å². The van der Waals surface area contributed by atoms with Crippen LogP contribution >= 0.6 is 11.3 Å². The molecule has 4 rings (SSSR count). The molecular weight excluding hydrogens is 388 g/mol. The fourth-order valence-electron chi connectivity index (χ4n) is 3.75. The average molecular weight is 410 g/mol. The first-order valence-corrected chi connectivity index (χ1v) is 10.4. The minimum atomic E-state index is -0.457. The number of aryl methyl sites for hydroxylation is 2. The van der Waals surface area contributed by atoms with Gasteiger partial charge in [-0.1, -0.05) is 12.1 Å². The van der Waals surface area contributed by atoms with E-state index in [2.05, 4.69) is 16.3 Å². The van der Waals surface area contributed by atoms with Gasteiger partial charge in [0, 0.05) is 6.07 Å². The molecule has 0 unspecified atom stereocenters. The fraction of sp³-hybridized carbons (Fsp3) is 0.333. The topological polar surface area (TPSA) is 88.4 Å². The van der Waals surface area contributed by atoms with Gasteiger partial charge in [0.1, 0.15) is 10.7 Å².